The maximum absolute atomic E-state index is 13.5. The molecule has 0 bridgehead atoms. The van der Waals surface area contributed by atoms with Crippen molar-refractivity contribution in [3.8, 4) is 12.3 Å². The van der Waals surface area contributed by atoms with Crippen LogP contribution in [-0.4, -0.2) is 24.9 Å². The van der Waals surface area contributed by atoms with Crippen LogP contribution in [0.3, 0.4) is 0 Å². The molecule has 1 heterocycles. The molecule has 2 N–H and O–H groups in total. The molecule has 0 aliphatic heterocycles. The van der Waals surface area contributed by atoms with E-state index in [1.165, 1.54) is 0 Å². The van der Waals surface area contributed by atoms with Crippen LogP contribution >= 0.6 is 11.6 Å². The van der Waals surface area contributed by atoms with Crippen molar-refractivity contribution in [3.63, 3.8) is 0 Å². The van der Waals surface area contributed by atoms with Crippen LogP contribution in [0.25, 0.3) is 0 Å². The molecule has 2 aromatic rings. The predicted molar refractivity (Wildman–Crippen MR) is 86.2 cm³/mol. The lowest BCUT2D eigenvalue weighted by molar-refractivity contribution is 0.585. The van der Waals surface area contributed by atoms with Gasteiger partial charge in [-0.2, -0.15) is 4.98 Å². The monoisotopic (exact) mass is 354 g/mol. The highest BCUT2D eigenvalue weighted by molar-refractivity contribution is 7.88. The number of benzene rings is 1. The van der Waals surface area contributed by atoms with E-state index in [0.29, 0.717) is 11.3 Å². The molecule has 0 aliphatic carbocycles. The third-order valence-corrected chi connectivity index (χ3v) is 4.16. The molecule has 0 unspecified atom stereocenters. The molecule has 120 valence electrons. The van der Waals surface area contributed by atoms with Gasteiger partial charge in [0.05, 0.1) is 18.5 Å². The van der Waals surface area contributed by atoms with E-state index in [2.05, 4.69) is 25.9 Å². The van der Waals surface area contributed by atoms with Gasteiger partial charge in [-0.1, -0.05) is 18.1 Å². The van der Waals surface area contributed by atoms with Gasteiger partial charge in [-0.15, -0.1) is 6.42 Å². The summed E-state index contributed by atoms with van der Waals surface area (Å²) in [6.45, 7) is -0.0598. The number of nitrogens with zero attached hydrogens (tertiary/aromatic N) is 2. The summed E-state index contributed by atoms with van der Waals surface area (Å²) in [5.74, 6) is 1.27. The first-order chi connectivity index (χ1) is 10.9. The standard InChI is InChI=1S/C14H12ClFN4O2S/c1-2-7-18-23(21,22)9-10-3-5-11(6-4-10)19-13-12(16)8-17-14(15)20-13/h1,3-6,8,18H,7,9H2,(H,17,19,20). The predicted octanol–water partition coefficient (Wildman–Crippen LogP) is 2.07. The van der Waals surface area contributed by atoms with Crippen molar-refractivity contribution in [2.75, 3.05) is 11.9 Å². The zero-order valence-electron chi connectivity index (χ0n) is 11.8. The van der Waals surface area contributed by atoms with Gasteiger partial charge in [-0.25, -0.2) is 22.5 Å². The fourth-order valence-electron chi connectivity index (χ4n) is 1.68. The Labute approximate surface area is 138 Å². The Morgan fingerprint density at radius 2 is 2.00 bits per heavy atom. The highest BCUT2D eigenvalue weighted by Gasteiger charge is 2.11. The number of sulfonamides is 1. The topological polar surface area (TPSA) is 84.0 Å². The average Bonchev–Trinajstić information content (AvgIpc) is 2.51. The molecule has 0 aliphatic rings. The molecule has 0 spiro atoms. The minimum Gasteiger partial charge on any atom is -0.338 e. The Balaban J connectivity index is 2.08. The third kappa shape index (κ3) is 5.17. The Morgan fingerprint density at radius 3 is 2.65 bits per heavy atom. The molecule has 0 radical (unpaired) electrons. The average molecular weight is 355 g/mol. The van der Waals surface area contributed by atoms with Crippen LogP contribution in [0, 0.1) is 18.2 Å². The number of aromatic nitrogens is 2. The van der Waals surface area contributed by atoms with Crippen molar-refractivity contribution in [2.24, 2.45) is 0 Å². The number of hydrogen-bond donors (Lipinski definition) is 2. The summed E-state index contributed by atoms with van der Waals surface area (Å²) in [4.78, 5) is 7.24. The van der Waals surface area contributed by atoms with Gasteiger partial charge in [0.25, 0.3) is 0 Å². The fraction of sp³-hybridized carbons (Fsp3) is 0.143. The first kappa shape index (κ1) is 17.1. The lowest BCUT2D eigenvalue weighted by Gasteiger charge is -2.08. The summed E-state index contributed by atoms with van der Waals surface area (Å²) in [6.07, 6.45) is 5.96. The van der Waals surface area contributed by atoms with Gasteiger partial charge >= 0.3 is 0 Å². The highest BCUT2D eigenvalue weighted by atomic mass is 35.5. The first-order valence-corrected chi connectivity index (χ1v) is 8.37. The minimum absolute atomic E-state index is 0.0598. The number of nitrogens with one attached hydrogen (secondary N) is 2. The summed E-state index contributed by atoms with van der Waals surface area (Å²) in [5, 5.41) is 2.65. The molecule has 0 atom stereocenters. The van der Waals surface area contributed by atoms with Crippen LogP contribution in [0.1, 0.15) is 5.56 Å². The SMILES string of the molecule is C#CCNS(=O)(=O)Cc1ccc(Nc2nc(Cl)ncc2F)cc1. The van der Waals surface area contributed by atoms with Crippen LogP contribution in [0.2, 0.25) is 5.28 Å². The van der Waals surface area contributed by atoms with Gasteiger partial charge in [-0.3, -0.25) is 0 Å². The summed E-state index contributed by atoms with van der Waals surface area (Å²) in [6, 6.07) is 6.39. The highest BCUT2D eigenvalue weighted by Crippen LogP contribution is 2.19. The molecule has 23 heavy (non-hydrogen) atoms. The van der Waals surface area contributed by atoms with E-state index < -0.39 is 15.8 Å². The van der Waals surface area contributed by atoms with Gasteiger partial charge in [0.1, 0.15) is 0 Å². The van der Waals surface area contributed by atoms with Crippen LogP contribution in [-0.2, 0) is 15.8 Å². The molecule has 6 nitrogen and oxygen atoms in total. The second kappa shape index (κ2) is 7.37. The largest absolute Gasteiger partial charge is 0.338 e. The lowest BCUT2D eigenvalue weighted by atomic mass is 10.2. The van der Waals surface area contributed by atoms with Crippen LogP contribution in [0.5, 0.6) is 0 Å². The second-order valence-corrected chi connectivity index (χ2v) is 6.59. The van der Waals surface area contributed by atoms with Crippen molar-refractivity contribution in [1.82, 2.24) is 14.7 Å². The normalized spacial score (nSPS) is 11.0. The Hall–Kier alpha value is -2.21. The fourth-order valence-corrected chi connectivity index (χ4v) is 2.85. The van der Waals surface area contributed by atoms with Crippen LogP contribution < -0.4 is 10.0 Å². The van der Waals surface area contributed by atoms with E-state index in [1.54, 1.807) is 24.3 Å². The third-order valence-electron chi connectivity index (χ3n) is 2.68. The summed E-state index contributed by atoms with van der Waals surface area (Å²) < 4.78 is 39.2. The van der Waals surface area contributed by atoms with Gasteiger partial charge in [-0.05, 0) is 29.3 Å². The first-order valence-electron chi connectivity index (χ1n) is 6.34. The summed E-state index contributed by atoms with van der Waals surface area (Å²) in [7, 11) is -3.49. The number of terminal acetylenes is 1. The quantitative estimate of drug-likeness (QED) is 0.613. The Morgan fingerprint density at radius 1 is 1.30 bits per heavy atom. The van der Waals surface area contributed by atoms with Gasteiger partial charge in [0, 0.05) is 5.69 Å². The molecular weight excluding hydrogens is 343 g/mol. The Bertz CT molecular complexity index is 835. The van der Waals surface area contributed by atoms with E-state index in [1.807, 2.05) is 0 Å². The lowest BCUT2D eigenvalue weighted by Crippen LogP contribution is -2.25. The van der Waals surface area contributed by atoms with Gasteiger partial charge in [0.15, 0.2) is 11.6 Å². The van der Waals surface area contributed by atoms with Crippen molar-refractivity contribution < 1.29 is 12.8 Å². The maximum atomic E-state index is 13.5. The smallest absolute Gasteiger partial charge is 0.224 e. The Kier molecular flexibility index (Phi) is 5.50. The number of halogens is 2. The molecule has 1 aromatic heterocycles. The molecule has 0 saturated carbocycles. The van der Waals surface area contributed by atoms with E-state index >= 15 is 0 Å². The molecule has 0 saturated heterocycles. The zero-order valence-corrected chi connectivity index (χ0v) is 13.3. The number of anilines is 2. The molecular formula is C14H12ClFN4O2S. The molecule has 2 rings (SSSR count). The van der Waals surface area contributed by atoms with Crippen LogP contribution in [0.15, 0.2) is 30.5 Å². The zero-order chi connectivity index (χ0) is 16.9. The maximum Gasteiger partial charge on any atom is 0.224 e. The second-order valence-electron chi connectivity index (χ2n) is 4.44. The van der Waals surface area contributed by atoms with Crippen molar-refractivity contribution >= 4 is 33.1 Å². The van der Waals surface area contributed by atoms with Crippen molar-refractivity contribution in [1.29, 1.82) is 0 Å². The summed E-state index contributed by atoms with van der Waals surface area (Å²) >= 11 is 5.61. The van der Waals surface area contributed by atoms with E-state index in [-0.39, 0.29) is 23.4 Å². The van der Waals surface area contributed by atoms with E-state index in [9.17, 15) is 12.8 Å². The van der Waals surface area contributed by atoms with Gasteiger partial charge < -0.3 is 5.32 Å². The molecule has 0 amide bonds. The van der Waals surface area contributed by atoms with Gasteiger partial charge in [0.2, 0.25) is 15.3 Å². The summed E-state index contributed by atoms with van der Waals surface area (Å²) in [5.41, 5.74) is 1.08. The number of rotatable bonds is 6. The van der Waals surface area contributed by atoms with Crippen molar-refractivity contribution in [2.45, 2.75) is 5.75 Å². The van der Waals surface area contributed by atoms with E-state index in [4.69, 9.17) is 18.0 Å². The van der Waals surface area contributed by atoms with Crippen molar-refractivity contribution in [3.05, 3.63) is 47.1 Å². The van der Waals surface area contributed by atoms with Crippen LogP contribution in [0.4, 0.5) is 15.9 Å². The molecule has 9 heteroatoms. The minimum atomic E-state index is -3.49. The van der Waals surface area contributed by atoms with E-state index in [0.717, 1.165) is 6.20 Å². The molecule has 0 fully saturated rings. The number of hydrogen-bond acceptors (Lipinski definition) is 5. The molecule has 1 aromatic carbocycles.